The summed E-state index contributed by atoms with van der Waals surface area (Å²) in [5.74, 6) is 0.701. The van der Waals surface area contributed by atoms with E-state index in [9.17, 15) is 5.26 Å². The van der Waals surface area contributed by atoms with Crippen molar-refractivity contribution < 1.29 is 0 Å². The predicted molar refractivity (Wildman–Crippen MR) is 75.8 cm³/mol. The van der Waals surface area contributed by atoms with E-state index < -0.39 is 0 Å². The minimum atomic E-state index is -0.197. The lowest BCUT2D eigenvalue weighted by atomic mass is 9.80. The molecule has 0 saturated heterocycles. The predicted octanol–water partition coefficient (Wildman–Crippen LogP) is 5.26. The molecule has 1 aliphatic carbocycles. The van der Waals surface area contributed by atoms with Gasteiger partial charge in [-0.05, 0) is 49.3 Å². The number of nitrogens with zero attached hydrogens (tertiary/aromatic N) is 1. The van der Waals surface area contributed by atoms with Crippen molar-refractivity contribution in [3.8, 4) is 6.07 Å². The van der Waals surface area contributed by atoms with Crippen LogP contribution in [0.4, 0.5) is 0 Å². The number of rotatable bonds is 3. The number of halogens is 2. The summed E-state index contributed by atoms with van der Waals surface area (Å²) in [6, 6.07) is 8.23. The monoisotopic (exact) mass is 281 g/mol. The molecule has 2 unspecified atom stereocenters. The third-order valence-corrected chi connectivity index (χ3v) is 4.79. The van der Waals surface area contributed by atoms with Gasteiger partial charge in [-0.3, -0.25) is 0 Å². The zero-order valence-corrected chi connectivity index (χ0v) is 12.1. The first-order valence-electron chi connectivity index (χ1n) is 6.44. The first-order chi connectivity index (χ1) is 8.58. The summed E-state index contributed by atoms with van der Waals surface area (Å²) in [4.78, 5) is 0. The second kappa shape index (κ2) is 5.51. The molecular weight excluding hydrogens is 265 g/mol. The SMILES string of the molecule is CCC1CCC(C#N)(Cc2ccc(Cl)c(Cl)c2)C1. The van der Waals surface area contributed by atoms with Crippen LogP contribution >= 0.6 is 23.2 Å². The van der Waals surface area contributed by atoms with Crippen molar-refractivity contribution in [1.29, 1.82) is 5.26 Å². The average Bonchev–Trinajstić information content (AvgIpc) is 2.78. The minimum Gasteiger partial charge on any atom is -0.198 e. The molecule has 0 bridgehead atoms. The summed E-state index contributed by atoms with van der Waals surface area (Å²) < 4.78 is 0. The molecule has 0 amide bonds. The average molecular weight is 282 g/mol. The summed E-state index contributed by atoms with van der Waals surface area (Å²) >= 11 is 11.9. The molecule has 0 aliphatic heterocycles. The second-order valence-corrected chi connectivity index (χ2v) is 6.15. The van der Waals surface area contributed by atoms with Crippen LogP contribution in [0.1, 0.15) is 38.2 Å². The van der Waals surface area contributed by atoms with Gasteiger partial charge in [-0.1, -0.05) is 42.6 Å². The lowest BCUT2D eigenvalue weighted by molar-refractivity contribution is 0.381. The standard InChI is InChI=1S/C15H17Cl2N/c1-2-11-5-6-15(8-11,10-18)9-12-3-4-13(16)14(17)7-12/h3-4,7,11H,2,5-6,8-9H2,1H3. The Morgan fingerprint density at radius 1 is 1.39 bits per heavy atom. The maximum absolute atomic E-state index is 9.51. The molecule has 2 rings (SSSR count). The van der Waals surface area contributed by atoms with Crippen LogP contribution in [-0.4, -0.2) is 0 Å². The largest absolute Gasteiger partial charge is 0.198 e. The Morgan fingerprint density at radius 2 is 2.17 bits per heavy atom. The van der Waals surface area contributed by atoms with Crippen LogP contribution in [0.5, 0.6) is 0 Å². The Bertz CT molecular complexity index is 478. The highest BCUT2D eigenvalue weighted by Gasteiger charge is 2.38. The molecule has 0 N–H and O–H groups in total. The van der Waals surface area contributed by atoms with Crippen LogP contribution in [0.2, 0.25) is 10.0 Å². The van der Waals surface area contributed by atoms with E-state index in [1.807, 2.05) is 18.2 Å². The normalized spacial score (nSPS) is 27.1. The van der Waals surface area contributed by atoms with Crippen molar-refractivity contribution in [3.05, 3.63) is 33.8 Å². The van der Waals surface area contributed by atoms with Crippen molar-refractivity contribution in [2.45, 2.75) is 39.0 Å². The molecule has 18 heavy (non-hydrogen) atoms. The maximum atomic E-state index is 9.51. The van der Waals surface area contributed by atoms with Crippen LogP contribution < -0.4 is 0 Å². The summed E-state index contributed by atoms with van der Waals surface area (Å²) in [5, 5.41) is 10.7. The first-order valence-corrected chi connectivity index (χ1v) is 7.19. The summed E-state index contributed by atoms with van der Waals surface area (Å²) in [7, 11) is 0. The molecule has 1 saturated carbocycles. The Kier molecular flexibility index (Phi) is 4.20. The van der Waals surface area contributed by atoms with Gasteiger partial charge < -0.3 is 0 Å². The Balaban J connectivity index is 2.16. The lowest BCUT2D eigenvalue weighted by Crippen LogP contribution is -2.18. The Labute approximate surface area is 119 Å². The van der Waals surface area contributed by atoms with Crippen molar-refractivity contribution in [2.24, 2.45) is 11.3 Å². The quantitative estimate of drug-likeness (QED) is 0.742. The molecule has 0 aromatic heterocycles. The number of nitriles is 1. The fourth-order valence-corrected chi connectivity index (χ4v) is 3.25. The van der Waals surface area contributed by atoms with Crippen molar-refractivity contribution in [1.82, 2.24) is 0 Å². The molecule has 1 aromatic rings. The lowest BCUT2D eigenvalue weighted by Gasteiger charge is -2.21. The van der Waals surface area contributed by atoms with Crippen LogP contribution in [0.3, 0.4) is 0 Å². The van der Waals surface area contributed by atoms with E-state index in [4.69, 9.17) is 23.2 Å². The highest BCUT2D eigenvalue weighted by molar-refractivity contribution is 6.42. The molecule has 3 heteroatoms. The second-order valence-electron chi connectivity index (χ2n) is 5.33. The maximum Gasteiger partial charge on any atom is 0.0693 e. The highest BCUT2D eigenvalue weighted by atomic mass is 35.5. The molecular formula is C15H17Cl2N. The van der Waals surface area contributed by atoms with Gasteiger partial charge in [0.05, 0.1) is 21.5 Å². The molecule has 1 nitrogen and oxygen atoms in total. The van der Waals surface area contributed by atoms with E-state index >= 15 is 0 Å². The van der Waals surface area contributed by atoms with Crippen LogP contribution in [0.15, 0.2) is 18.2 Å². The van der Waals surface area contributed by atoms with E-state index in [0.29, 0.717) is 16.0 Å². The van der Waals surface area contributed by atoms with Gasteiger partial charge in [-0.2, -0.15) is 5.26 Å². The molecule has 2 atom stereocenters. The van der Waals surface area contributed by atoms with Gasteiger partial charge in [-0.25, -0.2) is 0 Å². The van der Waals surface area contributed by atoms with Crippen molar-refractivity contribution in [3.63, 3.8) is 0 Å². The van der Waals surface area contributed by atoms with Crippen LogP contribution in [-0.2, 0) is 6.42 Å². The van der Waals surface area contributed by atoms with Crippen LogP contribution in [0, 0.1) is 22.7 Å². The zero-order chi connectivity index (χ0) is 13.2. The smallest absolute Gasteiger partial charge is 0.0693 e. The number of hydrogen-bond donors (Lipinski definition) is 0. The van der Waals surface area contributed by atoms with E-state index in [2.05, 4.69) is 13.0 Å². The first kappa shape index (κ1) is 13.7. The van der Waals surface area contributed by atoms with Gasteiger partial charge in [0.15, 0.2) is 0 Å². The van der Waals surface area contributed by atoms with E-state index in [1.165, 1.54) is 12.8 Å². The Morgan fingerprint density at radius 3 is 2.72 bits per heavy atom. The fraction of sp³-hybridized carbons (Fsp3) is 0.533. The van der Waals surface area contributed by atoms with Gasteiger partial charge in [0.25, 0.3) is 0 Å². The number of benzene rings is 1. The molecule has 0 spiro atoms. The topological polar surface area (TPSA) is 23.8 Å². The highest BCUT2D eigenvalue weighted by Crippen LogP contribution is 2.45. The third-order valence-electron chi connectivity index (χ3n) is 4.05. The molecule has 96 valence electrons. The summed E-state index contributed by atoms with van der Waals surface area (Å²) in [6.45, 7) is 2.21. The number of hydrogen-bond acceptors (Lipinski definition) is 1. The minimum absolute atomic E-state index is 0.197. The van der Waals surface area contributed by atoms with Gasteiger partial charge in [-0.15, -0.1) is 0 Å². The van der Waals surface area contributed by atoms with Gasteiger partial charge >= 0.3 is 0 Å². The van der Waals surface area contributed by atoms with E-state index in [-0.39, 0.29) is 5.41 Å². The molecule has 0 heterocycles. The zero-order valence-electron chi connectivity index (χ0n) is 10.5. The van der Waals surface area contributed by atoms with Crippen molar-refractivity contribution >= 4 is 23.2 Å². The molecule has 1 fully saturated rings. The van der Waals surface area contributed by atoms with Gasteiger partial charge in [0.1, 0.15) is 0 Å². The van der Waals surface area contributed by atoms with Crippen molar-refractivity contribution in [2.75, 3.05) is 0 Å². The van der Waals surface area contributed by atoms with Crippen LogP contribution in [0.25, 0.3) is 0 Å². The Hall–Kier alpha value is -0.710. The van der Waals surface area contributed by atoms with E-state index in [0.717, 1.165) is 24.8 Å². The van der Waals surface area contributed by atoms with Gasteiger partial charge in [0, 0.05) is 0 Å². The molecule has 0 radical (unpaired) electrons. The molecule has 1 aromatic carbocycles. The third kappa shape index (κ3) is 2.82. The van der Waals surface area contributed by atoms with Gasteiger partial charge in [0.2, 0.25) is 0 Å². The van der Waals surface area contributed by atoms with E-state index in [1.54, 1.807) is 0 Å². The summed E-state index contributed by atoms with van der Waals surface area (Å²) in [5.41, 5.74) is 0.917. The fourth-order valence-electron chi connectivity index (χ4n) is 2.93. The molecule has 1 aliphatic rings. The summed E-state index contributed by atoms with van der Waals surface area (Å²) in [6.07, 6.45) is 5.15.